The summed E-state index contributed by atoms with van der Waals surface area (Å²) in [6, 6.07) is 16.5. The van der Waals surface area contributed by atoms with Crippen molar-refractivity contribution in [3.63, 3.8) is 0 Å². The lowest BCUT2D eigenvalue weighted by molar-refractivity contribution is -0.384. The quantitative estimate of drug-likeness (QED) is 0.164. The first-order valence-corrected chi connectivity index (χ1v) is 11.3. The van der Waals surface area contributed by atoms with Crippen LogP contribution in [0.2, 0.25) is 5.02 Å². The van der Waals surface area contributed by atoms with Gasteiger partial charge in [0.25, 0.3) is 17.5 Å². The first kappa shape index (κ1) is 24.0. The summed E-state index contributed by atoms with van der Waals surface area (Å²) >= 11 is 6.09. The fourth-order valence-electron chi connectivity index (χ4n) is 3.88. The molecule has 178 valence electrons. The molecule has 0 spiro atoms. The number of anilines is 1. The number of azo groups is 1. The van der Waals surface area contributed by atoms with Crippen LogP contribution >= 0.6 is 11.6 Å². The van der Waals surface area contributed by atoms with Gasteiger partial charge >= 0.3 is 0 Å². The maximum Gasteiger partial charge on any atom is 0.271 e. The minimum atomic E-state index is -0.524. The number of hydrogen-bond acceptors (Lipinski definition) is 7. The second kappa shape index (κ2) is 10.0. The number of nitro benzene ring substituents is 1. The molecule has 0 aliphatic carbocycles. The van der Waals surface area contributed by atoms with E-state index in [1.807, 2.05) is 32.0 Å². The van der Waals surface area contributed by atoms with Crippen molar-refractivity contribution in [3.8, 4) is 0 Å². The number of halogens is 1. The fourth-order valence-corrected chi connectivity index (χ4v) is 4.09. The molecule has 0 atom stereocenters. The van der Waals surface area contributed by atoms with Crippen LogP contribution in [0.5, 0.6) is 0 Å². The van der Waals surface area contributed by atoms with Gasteiger partial charge in [0.05, 0.1) is 26.8 Å². The second-order valence-corrected chi connectivity index (χ2v) is 8.36. The molecule has 3 aromatic rings. The normalized spacial score (nSPS) is 12.9. The third kappa shape index (κ3) is 4.90. The smallest absolute Gasteiger partial charge is 0.271 e. The van der Waals surface area contributed by atoms with E-state index in [4.69, 9.17) is 11.6 Å². The Hall–Kier alpha value is -4.11. The molecule has 0 fully saturated rings. The molecular formula is C25H22ClN5O4. The Bertz CT molecular complexity index is 1320. The predicted molar refractivity (Wildman–Crippen MR) is 133 cm³/mol. The zero-order valence-electron chi connectivity index (χ0n) is 19.1. The monoisotopic (exact) mass is 491 g/mol. The van der Waals surface area contributed by atoms with E-state index in [0.717, 1.165) is 11.3 Å². The number of carbonyl (C=O) groups is 2. The van der Waals surface area contributed by atoms with Crippen LogP contribution in [0.25, 0.3) is 0 Å². The van der Waals surface area contributed by atoms with Crippen molar-refractivity contribution in [1.29, 1.82) is 0 Å². The third-order valence-corrected chi connectivity index (χ3v) is 6.11. The van der Waals surface area contributed by atoms with E-state index in [2.05, 4.69) is 15.1 Å². The van der Waals surface area contributed by atoms with Crippen LogP contribution in [0.1, 0.15) is 33.2 Å². The lowest BCUT2D eigenvalue weighted by Crippen LogP contribution is -2.38. The molecule has 0 N–H and O–H groups in total. The highest BCUT2D eigenvalue weighted by atomic mass is 35.5. The molecule has 0 aromatic heterocycles. The molecular weight excluding hydrogens is 470 g/mol. The predicted octanol–water partition coefficient (Wildman–Crippen LogP) is 6.09. The molecule has 1 aliphatic rings. The van der Waals surface area contributed by atoms with Crippen LogP contribution in [-0.2, 0) is 0 Å². The molecule has 0 bridgehead atoms. The number of nitro groups is 1. The Kier molecular flexibility index (Phi) is 6.88. The maximum absolute atomic E-state index is 12.6. The van der Waals surface area contributed by atoms with Crippen LogP contribution in [0.15, 0.2) is 70.9 Å². The van der Waals surface area contributed by atoms with E-state index < -0.39 is 4.92 Å². The number of non-ortho nitro benzene ring substituents is 1. The summed E-state index contributed by atoms with van der Waals surface area (Å²) in [6.45, 7) is 5.34. The van der Waals surface area contributed by atoms with Crippen LogP contribution in [0.3, 0.4) is 0 Å². The Morgan fingerprint density at radius 1 is 0.971 bits per heavy atom. The fraction of sp³-hybridized carbons (Fsp3) is 0.200. The summed E-state index contributed by atoms with van der Waals surface area (Å²) < 4.78 is 0. The number of imide groups is 1. The molecule has 35 heavy (non-hydrogen) atoms. The highest BCUT2D eigenvalue weighted by Gasteiger charge is 2.34. The van der Waals surface area contributed by atoms with Crippen molar-refractivity contribution in [1.82, 2.24) is 4.90 Å². The largest absolute Gasteiger partial charge is 0.370 e. The SMILES string of the molecule is CCN(CCN1C(=O)c2ccccc2C1=O)c1ccc(N=Nc2ccc([N+](=O)[O-])cc2Cl)c(C)c1. The molecule has 0 unspecified atom stereocenters. The summed E-state index contributed by atoms with van der Waals surface area (Å²) in [6.07, 6.45) is 0. The van der Waals surface area contributed by atoms with Gasteiger partial charge in [-0.25, -0.2) is 0 Å². The molecule has 4 rings (SSSR count). The average molecular weight is 492 g/mol. The number of amides is 2. The topological polar surface area (TPSA) is 108 Å². The van der Waals surface area contributed by atoms with Crippen LogP contribution in [0, 0.1) is 17.0 Å². The first-order chi connectivity index (χ1) is 16.8. The van der Waals surface area contributed by atoms with Crippen LogP contribution in [0.4, 0.5) is 22.7 Å². The molecule has 0 saturated carbocycles. The number of carbonyl (C=O) groups excluding carboxylic acids is 2. The lowest BCUT2D eigenvalue weighted by Gasteiger charge is -2.26. The standard InChI is InChI=1S/C25H22ClN5O4/c1-3-29(12-13-30-24(32)19-6-4-5-7-20(19)25(30)33)17-8-10-22(16(2)14-17)27-28-23-11-9-18(31(34)35)15-21(23)26/h4-11,14-15H,3,12-13H2,1-2H3. The Morgan fingerprint density at radius 3 is 2.17 bits per heavy atom. The number of aryl methyl sites for hydroxylation is 1. The number of nitrogens with zero attached hydrogens (tertiary/aromatic N) is 5. The van der Waals surface area contributed by atoms with Gasteiger partial charge in [0, 0.05) is 37.5 Å². The van der Waals surface area contributed by atoms with E-state index >= 15 is 0 Å². The average Bonchev–Trinajstić information content (AvgIpc) is 3.09. The van der Waals surface area contributed by atoms with Crippen molar-refractivity contribution in [3.05, 3.63) is 92.5 Å². The zero-order chi connectivity index (χ0) is 25.1. The van der Waals surface area contributed by atoms with Crippen LogP contribution in [-0.4, -0.2) is 41.3 Å². The van der Waals surface area contributed by atoms with Crippen molar-refractivity contribution < 1.29 is 14.5 Å². The number of fused-ring (bicyclic) bond motifs is 1. The highest BCUT2D eigenvalue weighted by Crippen LogP contribution is 2.32. The second-order valence-electron chi connectivity index (χ2n) is 7.95. The minimum Gasteiger partial charge on any atom is -0.370 e. The van der Waals surface area contributed by atoms with E-state index in [0.29, 0.717) is 35.6 Å². The lowest BCUT2D eigenvalue weighted by atomic mass is 10.1. The first-order valence-electron chi connectivity index (χ1n) is 11.0. The van der Waals surface area contributed by atoms with Gasteiger partial charge in [-0.15, -0.1) is 5.11 Å². The number of likely N-dealkylation sites (N-methyl/N-ethyl adjacent to an activating group) is 1. The van der Waals surface area contributed by atoms with E-state index in [1.165, 1.54) is 23.1 Å². The van der Waals surface area contributed by atoms with Gasteiger partial charge < -0.3 is 4.90 Å². The van der Waals surface area contributed by atoms with Gasteiger partial charge in [0.15, 0.2) is 0 Å². The molecule has 1 heterocycles. The molecule has 3 aromatic carbocycles. The van der Waals surface area contributed by atoms with E-state index in [9.17, 15) is 19.7 Å². The highest BCUT2D eigenvalue weighted by molar-refractivity contribution is 6.33. The van der Waals surface area contributed by atoms with E-state index in [1.54, 1.807) is 24.3 Å². The summed E-state index contributed by atoms with van der Waals surface area (Å²) in [7, 11) is 0. The third-order valence-electron chi connectivity index (χ3n) is 5.81. The molecule has 10 heteroatoms. The Morgan fingerprint density at radius 2 is 1.60 bits per heavy atom. The molecule has 9 nitrogen and oxygen atoms in total. The number of hydrogen-bond donors (Lipinski definition) is 0. The van der Waals surface area contributed by atoms with Gasteiger partial charge in [-0.2, -0.15) is 5.11 Å². The number of benzene rings is 3. The van der Waals surface area contributed by atoms with Crippen LogP contribution < -0.4 is 4.90 Å². The van der Waals surface area contributed by atoms with Gasteiger partial charge in [0.1, 0.15) is 5.69 Å². The van der Waals surface area contributed by atoms with Gasteiger partial charge in [0.2, 0.25) is 0 Å². The zero-order valence-corrected chi connectivity index (χ0v) is 19.9. The van der Waals surface area contributed by atoms with Crippen molar-refractivity contribution in [2.45, 2.75) is 13.8 Å². The van der Waals surface area contributed by atoms with Gasteiger partial charge in [-0.1, -0.05) is 23.7 Å². The Balaban J connectivity index is 1.45. The minimum absolute atomic E-state index is 0.115. The summed E-state index contributed by atoms with van der Waals surface area (Å²) in [5.41, 5.74) is 3.52. The van der Waals surface area contributed by atoms with E-state index in [-0.39, 0.29) is 29.1 Å². The summed E-state index contributed by atoms with van der Waals surface area (Å²) in [5, 5.41) is 19.4. The summed E-state index contributed by atoms with van der Waals surface area (Å²) in [4.78, 5) is 39.0. The van der Waals surface area contributed by atoms with Gasteiger partial charge in [-0.05, 0) is 55.8 Å². The molecule has 0 saturated heterocycles. The Labute approximate surface area is 206 Å². The van der Waals surface area contributed by atoms with Gasteiger partial charge in [-0.3, -0.25) is 24.6 Å². The van der Waals surface area contributed by atoms with Crippen molar-refractivity contribution in [2.24, 2.45) is 10.2 Å². The molecule has 2 amide bonds. The van der Waals surface area contributed by atoms with Crippen molar-refractivity contribution >= 4 is 46.2 Å². The molecule has 0 radical (unpaired) electrons. The number of rotatable bonds is 8. The molecule has 1 aliphatic heterocycles. The maximum atomic E-state index is 12.6. The van der Waals surface area contributed by atoms with Crippen molar-refractivity contribution in [2.75, 3.05) is 24.5 Å². The summed E-state index contributed by atoms with van der Waals surface area (Å²) in [5.74, 6) is -0.531.